The summed E-state index contributed by atoms with van der Waals surface area (Å²) in [5.74, 6) is 5.81. The number of hydrogen-bond acceptors (Lipinski definition) is 5. The number of carbonyl (C=O) groups is 1. The van der Waals surface area contributed by atoms with E-state index in [9.17, 15) is 4.79 Å². The van der Waals surface area contributed by atoms with Crippen molar-refractivity contribution in [2.24, 2.45) is 5.84 Å². The number of hydrogen-bond donors (Lipinski definition) is 2. The number of carbonyl (C=O) groups excluding carboxylic acids is 1. The molecule has 0 aliphatic carbocycles. The van der Waals surface area contributed by atoms with E-state index in [4.69, 9.17) is 10.3 Å². The van der Waals surface area contributed by atoms with Crippen LogP contribution < -0.4 is 11.3 Å². The normalized spacial score (nSPS) is 10.9. The van der Waals surface area contributed by atoms with Gasteiger partial charge in [0.1, 0.15) is 5.76 Å². The van der Waals surface area contributed by atoms with E-state index in [1.165, 1.54) is 16.9 Å². The number of thiophene rings is 1. The zero-order valence-corrected chi connectivity index (χ0v) is 11.8. The number of nitrogen functional groups attached to an aromatic ring is 1. The molecule has 0 aliphatic rings. The molecule has 0 radical (unpaired) electrons. The Bertz CT molecular complexity index is 562. The number of rotatable bonds is 5. The Morgan fingerprint density at radius 2 is 2.21 bits per heavy atom. The Labute approximate surface area is 116 Å². The highest BCUT2D eigenvalue weighted by molar-refractivity contribution is 7.14. The lowest BCUT2D eigenvalue weighted by atomic mass is 10.2. The first-order chi connectivity index (χ1) is 9.10. The van der Waals surface area contributed by atoms with Crippen molar-refractivity contribution in [1.82, 2.24) is 10.3 Å². The van der Waals surface area contributed by atoms with Gasteiger partial charge in [-0.25, -0.2) is 5.84 Å². The van der Waals surface area contributed by atoms with E-state index in [1.54, 1.807) is 12.3 Å². The smallest absolute Gasteiger partial charge is 0.275 e. The molecule has 0 saturated heterocycles. The maximum Gasteiger partial charge on any atom is 0.275 e. The number of furan rings is 1. The van der Waals surface area contributed by atoms with E-state index in [1.807, 2.05) is 26.1 Å². The van der Waals surface area contributed by atoms with Gasteiger partial charge in [0.05, 0.1) is 11.1 Å². The molecule has 0 aliphatic heterocycles. The third-order valence-corrected chi connectivity index (χ3v) is 3.92. The summed E-state index contributed by atoms with van der Waals surface area (Å²) >= 11 is 1.45. The highest BCUT2D eigenvalue weighted by Crippen LogP contribution is 2.19. The lowest BCUT2D eigenvalue weighted by Gasteiger charge is -2.14. The van der Waals surface area contributed by atoms with Crippen molar-refractivity contribution in [3.8, 4) is 0 Å². The van der Waals surface area contributed by atoms with E-state index in [-0.39, 0.29) is 5.91 Å². The molecule has 0 fully saturated rings. The molecule has 0 saturated carbocycles. The summed E-state index contributed by atoms with van der Waals surface area (Å²) in [6.45, 7) is 3.56. The molecule has 2 heterocycles. The van der Waals surface area contributed by atoms with Crippen LogP contribution in [0.2, 0.25) is 0 Å². The molecule has 2 aromatic rings. The lowest BCUT2D eigenvalue weighted by Crippen LogP contribution is -2.29. The van der Waals surface area contributed by atoms with Gasteiger partial charge >= 0.3 is 0 Å². The number of nitrogens with zero attached hydrogens (tertiary/aromatic N) is 1. The lowest BCUT2D eigenvalue weighted by molar-refractivity contribution is 0.0957. The highest BCUT2D eigenvalue weighted by atomic mass is 32.1. The van der Waals surface area contributed by atoms with Crippen molar-refractivity contribution in [1.29, 1.82) is 0 Å². The topological polar surface area (TPSA) is 71.5 Å². The molecule has 3 N–H and O–H groups in total. The van der Waals surface area contributed by atoms with Crippen LogP contribution in [0.4, 0.5) is 0 Å². The molecule has 2 rings (SSSR count). The maximum absolute atomic E-state index is 11.4. The van der Waals surface area contributed by atoms with E-state index in [0.717, 1.165) is 23.7 Å². The second kappa shape index (κ2) is 6.01. The summed E-state index contributed by atoms with van der Waals surface area (Å²) in [4.78, 5) is 15.3. The van der Waals surface area contributed by atoms with Gasteiger partial charge in [-0.3, -0.25) is 15.1 Å². The first-order valence-corrected chi connectivity index (χ1v) is 6.73. The average molecular weight is 279 g/mol. The quantitative estimate of drug-likeness (QED) is 0.498. The minimum Gasteiger partial charge on any atom is -0.469 e. The van der Waals surface area contributed by atoms with Crippen LogP contribution in [-0.2, 0) is 13.1 Å². The van der Waals surface area contributed by atoms with E-state index >= 15 is 0 Å². The van der Waals surface area contributed by atoms with Gasteiger partial charge in [-0.15, -0.1) is 11.3 Å². The Balaban J connectivity index is 1.95. The minimum absolute atomic E-state index is 0.246. The average Bonchev–Trinajstić information content (AvgIpc) is 2.99. The van der Waals surface area contributed by atoms with Crippen LogP contribution in [0.5, 0.6) is 0 Å². The van der Waals surface area contributed by atoms with Crippen molar-refractivity contribution >= 4 is 17.2 Å². The van der Waals surface area contributed by atoms with Gasteiger partial charge in [-0.05, 0) is 32.2 Å². The standard InChI is InChI=1S/C13H17N3O2S/c1-9-10(5-6-18-9)7-16(2)8-11-3-4-12(19-11)13(17)15-14/h3-6H,7-8,14H2,1-2H3,(H,15,17). The summed E-state index contributed by atoms with van der Waals surface area (Å²) < 4.78 is 5.27. The fraction of sp³-hybridized carbons (Fsp3) is 0.308. The second-order valence-corrected chi connectivity index (χ2v) is 5.58. The summed E-state index contributed by atoms with van der Waals surface area (Å²) in [6.07, 6.45) is 1.70. The van der Waals surface area contributed by atoms with Crippen LogP contribution in [0.15, 0.2) is 28.9 Å². The van der Waals surface area contributed by atoms with E-state index in [2.05, 4.69) is 10.3 Å². The summed E-state index contributed by atoms with van der Waals surface area (Å²) in [7, 11) is 2.04. The Kier molecular flexibility index (Phi) is 4.36. The predicted molar refractivity (Wildman–Crippen MR) is 74.6 cm³/mol. The van der Waals surface area contributed by atoms with Gasteiger partial charge in [-0.1, -0.05) is 0 Å². The molecular weight excluding hydrogens is 262 g/mol. The summed E-state index contributed by atoms with van der Waals surface area (Å²) in [5.41, 5.74) is 3.32. The number of amides is 1. The van der Waals surface area contributed by atoms with Gasteiger partial charge in [0.15, 0.2) is 0 Å². The van der Waals surface area contributed by atoms with Gasteiger partial charge in [-0.2, -0.15) is 0 Å². The van der Waals surface area contributed by atoms with Crippen molar-refractivity contribution in [2.45, 2.75) is 20.0 Å². The molecule has 0 bridgehead atoms. The van der Waals surface area contributed by atoms with Gasteiger partial charge in [0.2, 0.25) is 0 Å². The van der Waals surface area contributed by atoms with Crippen LogP contribution in [0.3, 0.4) is 0 Å². The summed E-state index contributed by atoms with van der Waals surface area (Å²) in [6, 6.07) is 5.72. The van der Waals surface area contributed by atoms with Crippen molar-refractivity contribution < 1.29 is 9.21 Å². The summed E-state index contributed by atoms with van der Waals surface area (Å²) in [5, 5.41) is 0. The monoisotopic (exact) mass is 279 g/mol. The fourth-order valence-electron chi connectivity index (χ4n) is 1.84. The number of nitrogens with two attached hydrogens (primary N) is 1. The molecule has 102 valence electrons. The Morgan fingerprint density at radius 3 is 2.84 bits per heavy atom. The zero-order chi connectivity index (χ0) is 13.8. The predicted octanol–water partition coefficient (Wildman–Crippen LogP) is 1.89. The Hall–Kier alpha value is -1.63. The van der Waals surface area contributed by atoms with E-state index in [0.29, 0.717) is 4.88 Å². The number of nitrogens with one attached hydrogen (secondary N) is 1. The van der Waals surface area contributed by atoms with Gasteiger partial charge < -0.3 is 4.42 Å². The van der Waals surface area contributed by atoms with E-state index < -0.39 is 0 Å². The zero-order valence-electron chi connectivity index (χ0n) is 11.0. The largest absolute Gasteiger partial charge is 0.469 e. The molecule has 0 atom stereocenters. The highest BCUT2D eigenvalue weighted by Gasteiger charge is 2.10. The first kappa shape index (κ1) is 13.8. The molecule has 2 aromatic heterocycles. The van der Waals surface area contributed by atoms with Crippen molar-refractivity contribution in [2.75, 3.05) is 7.05 Å². The van der Waals surface area contributed by atoms with Crippen molar-refractivity contribution in [3.63, 3.8) is 0 Å². The van der Waals surface area contributed by atoms with Crippen LogP contribution in [-0.4, -0.2) is 17.9 Å². The molecule has 0 aromatic carbocycles. The molecule has 19 heavy (non-hydrogen) atoms. The number of hydrazine groups is 1. The minimum atomic E-state index is -0.246. The second-order valence-electron chi connectivity index (χ2n) is 4.41. The molecule has 5 nitrogen and oxygen atoms in total. The molecule has 6 heteroatoms. The molecule has 0 spiro atoms. The van der Waals surface area contributed by atoms with Gasteiger partial charge in [0, 0.05) is 23.5 Å². The van der Waals surface area contributed by atoms with Crippen LogP contribution in [0.25, 0.3) is 0 Å². The molecule has 1 amide bonds. The third-order valence-electron chi connectivity index (χ3n) is 2.85. The molecular formula is C13H17N3O2S. The maximum atomic E-state index is 11.4. The van der Waals surface area contributed by atoms with Crippen LogP contribution in [0.1, 0.15) is 25.9 Å². The SMILES string of the molecule is Cc1occc1CN(C)Cc1ccc(C(=O)NN)s1. The van der Waals surface area contributed by atoms with Gasteiger partial charge in [0.25, 0.3) is 5.91 Å². The van der Waals surface area contributed by atoms with Crippen LogP contribution >= 0.6 is 11.3 Å². The number of aryl methyl sites for hydroxylation is 1. The molecule has 0 unspecified atom stereocenters. The Morgan fingerprint density at radius 1 is 1.42 bits per heavy atom. The third kappa shape index (κ3) is 3.44. The first-order valence-electron chi connectivity index (χ1n) is 5.91. The van der Waals surface area contributed by atoms with Crippen molar-refractivity contribution in [3.05, 3.63) is 45.5 Å². The fourth-order valence-corrected chi connectivity index (χ4v) is 2.84. The van der Waals surface area contributed by atoms with Crippen LogP contribution in [0, 0.1) is 6.92 Å².